The van der Waals surface area contributed by atoms with Crippen LogP contribution in [0.15, 0.2) is 41.7 Å². The second-order valence-electron chi connectivity index (χ2n) is 9.91. The number of nitrogens with one attached hydrogen (secondary N) is 1. The normalized spacial score (nSPS) is 16.3. The number of esters is 1. The fourth-order valence-electron chi connectivity index (χ4n) is 3.98. The van der Waals surface area contributed by atoms with Gasteiger partial charge in [0.05, 0.1) is 17.9 Å². The van der Waals surface area contributed by atoms with Crippen LogP contribution < -0.4 is 16.6 Å². The number of nitrogens with two attached hydrogens (primary N) is 1. The topological polar surface area (TPSA) is 140 Å². The molecule has 2 aromatic rings. The Balaban J connectivity index is 1.89. The molecule has 1 aliphatic rings. The van der Waals surface area contributed by atoms with Gasteiger partial charge in [0.25, 0.3) is 11.5 Å². The van der Waals surface area contributed by atoms with Crippen LogP contribution in [0.3, 0.4) is 0 Å². The van der Waals surface area contributed by atoms with Crippen molar-refractivity contribution in [2.75, 3.05) is 19.1 Å². The molecule has 3 atom stereocenters. The van der Waals surface area contributed by atoms with Crippen LogP contribution in [0.25, 0.3) is 5.69 Å². The van der Waals surface area contributed by atoms with Gasteiger partial charge in [0.2, 0.25) is 12.4 Å². The first-order valence-electron chi connectivity index (χ1n) is 12.5. The van der Waals surface area contributed by atoms with E-state index >= 15 is 0 Å². The minimum atomic E-state index is -0.766. The number of nitrogens with zero attached hydrogens (tertiary/aromatic N) is 4. The van der Waals surface area contributed by atoms with Gasteiger partial charge in [-0.05, 0) is 50.5 Å². The van der Waals surface area contributed by atoms with E-state index in [4.69, 9.17) is 15.5 Å². The van der Waals surface area contributed by atoms with Gasteiger partial charge in [-0.2, -0.15) is 0 Å². The third-order valence-electron chi connectivity index (χ3n) is 6.62. The fourth-order valence-corrected chi connectivity index (χ4v) is 3.98. The number of hydrogen-bond donors (Lipinski definition) is 2. The molecular weight excluding hydrogens is 488 g/mol. The molecule has 0 fully saturated rings. The Morgan fingerprint density at radius 2 is 1.95 bits per heavy atom. The fraction of sp³-hybridized carbons (Fsp3) is 0.444. The Hall–Kier alpha value is -3.99. The highest BCUT2D eigenvalue weighted by atomic mass is 16.5. The van der Waals surface area contributed by atoms with Gasteiger partial charge in [-0.1, -0.05) is 19.9 Å². The summed E-state index contributed by atoms with van der Waals surface area (Å²) >= 11 is 0. The quantitative estimate of drug-likeness (QED) is 0.207. The zero-order valence-electron chi connectivity index (χ0n) is 22.5. The minimum absolute atomic E-state index is 0.0847. The van der Waals surface area contributed by atoms with Crippen molar-refractivity contribution < 1.29 is 19.1 Å². The summed E-state index contributed by atoms with van der Waals surface area (Å²) < 4.78 is 6.63. The molecule has 3 N–H and O–H groups in total. The molecule has 11 heteroatoms. The molecule has 204 valence electrons. The Morgan fingerprint density at radius 1 is 1.29 bits per heavy atom. The molecule has 38 heavy (non-hydrogen) atoms. The van der Waals surface area contributed by atoms with Gasteiger partial charge in [0.15, 0.2) is 6.73 Å². The number of aromatic nitrogens is 2. The Labute approximate surface area is 222 Å². The number of carbonyl (C=O) groups excluding carboxylic acids is 3. The molecule has 0 bridgehead atoms. The number of rotatable bonds is 10. The molecule has 1 aliphatic heterocycles. The summed E-state index contributed by atoms with van der Waals surface area (Å²) in [5.74, 6) is -0.710. The van der Waals surface area contributed by atoms with Crippen molar-refractivity contribution in [1.29, 1.82) is 0 Å². The molecular formula is C27H36N6O5. The van der Waals surface area contributed by atoms with E-state index in [-0.39, 0.29) is 42.7 Å². The summed E-state index contributed by atoms with van der Waals surface area (Å²) in [4.78, 5) is 57.6. The van der Waals surface area contributed by atoms with Gasteiger partial charge < -0.3 is 25.6 Å². The van der Waals surface area contributed by atoms with E-state index in [0.717, 1.165) is 6.41 Å². The van der Waals surface area contributed by atoms with Crippen LogP contribution in [-0.2, 0) is 27.3 Å². The summed E-state index contributed by atoms with van der Waals surface area (Å²) in [6.07, 6.45) is 2.85. The average Bonchev–Trinajstić information content (AvgIpc) is 2.90. The molecule has 3 unspecified atom stereocenters. The van der Waals surface area contributed by atoms with Gasteiger partial charge in [-0.25, -0.2) is 9.55 Å². The summed E-state index contributed by atoms with van der Waals surface area (Å²) in [6.45, 7) is 11.2. The van der Waals surface area contributed by atoms with Crippen LogP contribution in [0.5, 0.6) is 0 Å². The lowest BCUT2D eigenvalue weighted by molar-refractivity contribution is -0.149. The lowest BCUT2D eigenvalue weighted by Gasteiger charge is -2.31. The van der Waals surface area contributed by atoms with Crippen molar-refractivity contribution in [3.8, 4) is 5.69 Å². The smallest absolute Gasteiger partial charge is 0.324 e. The monoisotopic (exact) mass is 524 g/mol. The standard InChI is InChI=1S/C27H36N6O5/c1-7-17(4)29-27-30-22-13-32(14-34)18(5)12-21(22)25(36)33(27)20-10-8-19(9-11-20)24(35)31(6)15-38-26(37)23(28)16(2)3/h7-11,14,16-18,23H,1,12-13,15,28H2,2-6H3,(H,29,30). The van der Waals surface area contributed by atoms with Crippen molar-refractivity contribution in [2.45, 2.75) is 58.8 Å². The van der Waals surface area contributed by atoms with Crippen molar-refractivity contribution >= 4 is 24.2 Å². The van der Waals surface area contributed by atoms with Crippen molar-refractivity contribution in [3.05, 3.63) is 64.1 Å². The SMILES string of the molecule is C=CC(C)Nc1nc2c(c(=O)n1-c1ccc(C(=O)N(C)COC(=O)C(N)C(C)C)cc1)CC(C)N(C=O)C2. The summed E-state index contributed by atoms with van der Waals surface area (Å²) in [7, 11) is 1.52. The average molecular weight is 525 g/mol. The maximum absolute atomic E-state index is 13.6. The Kier molecular flexibility index (Phi) is 9.05. The maximum Gasteiger partial charge on any atom is 0.324 e. The molecule has 0 saturated carbocycles. The van der Waals surface area contributed by atoms with E-state index in [2.05, 4.69) is 11.9 Å². The number of anilines is 1. The zero-order valence-corrected chi connectivity index (χ0v) is 22.5. The van der Waals surface area contributed by atoms with E-state index in [1.807, 2.05) is 27.7 Å². The van der Waals surface area contributed by atoms with Gasteiger partial charge in [0, 0.05) is 30.3 Å². The second kappa shape index (κ2) is 12.0. The van der Waals surface area contributed by atoms with Crippen LogP contribution in [0.4, 0.5) is 5.95 Å². The molecule has 1 aromatic heterocycles. The molecule has 0 radical (unpaired) electrons. The maximum atomic E-state index is 13.6. The number of carbonyl (C=O) groups is 3. The van der Waals surface area contributed by atoms with E-state index in [1.54, 1.807) is 35.2 Å². The number of ether oxygens (including phenoxy) is 1. The Bertz CT molecular complexity index is 1260. The second-order valence-corrected chi connectivity index (χ2v) is 9.91. The molecule has 3 rings (SSSR count). The first kappa shape index (κ1) is 28.6. The van der Waals surface area contributed by atoms with Gasteiger partial charge in [-0.3, -0.25) is 19.2 Å². The molecule has 2 amide bonds. The highest BCUT2D eigenvalue weighted by Gasteiger charge is 2.28. The van der Waals surface area contributed by atoms with Crippen molar-refractivity contribution in [1.82, 2.24) is 19.4 Å². The lowest BCUT2D eigenvalue weighted by atomic mass is 10.0. The third-order valence-corrected chi connectivity index (χ3v) is 6.62. The van der Waals surface area contributed by atoms with E-state index in [1.165, 1.54) is 16.5 Å². The first-order valence-corrected chi connectivity index (χ1v) is 12.5. The number of hydrogen-bond acceptors (Lipinski definition) is 8. The Morgan fingerprint density at radius 3 is 2.53 bits per heavy atom. The number of fused-ring (bicyclic) bond motifs is 1. The van der Waals surface area contributed by atoms with Gasteiger partial charge in [0.1, 0.15) is 6.04 Å². The summed E-state index contributed by atoms with van der Waals surface area (Å²) in [6, 6.07) is 5.43. The summed E-state index contributed by atoms with van der Waals surface area (Å²) in [5.41, 5.74) is 7.52. The van der Waals surface area contributed by atoms with Crippen LogP contribution in [-0.4, -0.2) is 69.5 Å². The van der Waals surface area contributed by atoms with Crippen molar-refractivity contribution in [3.63, 3.8) is 0 Å². The third kappa shape index (κ3) is 6.10. The van der Waals surface area contributed by atoms with Crippen LogP contribution in [0.2, 0.25) is 0 Å². The van der Waals surface area contributed by atoms with Crippen molar-refractivity contribution in [2.24, 2.45) is 11.7 Å². The van der Waals surface area contributed by atoms with Crippen LogP contribution >= 0.6 is 0 Å². The van der Waals surface area contributed by atoms with E-state index in [9.17, 15) is 19.2 Å². The van der Waals surface area contributed by atoms with Crippen LogP contribution in [0, 0.1) is 5.92 Å². The van der Waals surface area contributed by atoms with E-state index < -0.39 is 12.0 Å². The molecule has 11 nitrogen and oxygen atoms in total. The predicted molar refractivity (Wildman–Crippen MR) is 144 cm³/mol. The van der Waals surface area contributed by atoms with E-state index in [0.29, 0.717) is 34.9 Å². The molecule has 1 aromatic carbocycles. The molecule has 0 saturated heterocycles. The molecule has 0 spiro atoms. The predicted octanol–water partition coefficient (Wildman–Crippen LogP) is 1.68. The highest BCUT2D eigenvalue weighted by Crippen LogP contribution is 2.22. The molecule has 2 heterocycles. The first-order chi connectivity index (χ1) is 18.0. The van der Waals surface area contributed by atoms with Gasteiger partial charge in [-0.15, -0.1) is 6.58 Å². The zero-order chi connectivity index (χ0) is 28.1. The molecule has 0 aliphatic carbocycles. The number of benzene rings is 1. The van der Waals surface area contributed by atoms with Gasteiger partial charge >= 0.3 is 5.97 Å². The highest BCUT2D eigenvalue weighted by molar-refractivity contribution is 5.94. The number of amides is 2. The minimum Gasteiger partial charge on any atom is -0.443 e. The largest absolute Gasteiger partial charge is 0.443 e. The van der Waals surface area contributed by atoms with Crippen LogP contribution in [0.1, 0.15) is 49.3 Å². The lowest BCUT2D eigenvalue weighted by Crippen LogP contribution is -2.42. The summed E-state index contributed by atoms with van der Waals surface area (Å²) in [5, 5.41) is 3.19.